The van der Waals surface area contributed by atoms with E-state index in [1.165, 1.54) is 37.7 Å². The van der Waals surface area contributed by atoms with Crippen LogP contribution in [0.2, 0.25) is 0 Å². The highest BCUT2D eigenvalue weighted by atomic mass is 14.9. The SMILES string of the molecule is CCCNC(c1cccc(C2CCC2)c1)C1CC1(C)C. The maximum atomic E-state index is 3.81. The Morgan fingerprint density at radius 1 is 1.30 bits per heavy atom. The molecule has 2 aliphatic carbocycles. The van der Waals surface area contributed by atoms with Gasteiger partial charge in [-0.2, -0.15) is 0 Å². The largest absolute Gasteiger partial charge is 0.310 e. The minimum absolute atomic E-state index is 0.526. The van der Waals surface area contributed by atoms with Gasteiger partial charge in [-0.15, -0.1) is 0 Å². The van der Waals surface area contributed by atoms with Crippen LogP contribution in [0.5, 0.6) is 0 Å². The molecule has 0 radical (unpaired) electrons. The molecule has 1 aromatic carbocycles. The highest BCUT2D eigenvalue weighted by Crippen LogP contribution is 2.57. The molecular formula is C19H29N. The molecule has 0 aromatic heterocycles. The predicted molar refractivity (Wildman–Crippen MR) is 86.0 cm³/mol. The van der Waals surface area contributed by atoms with Crippen molar-refractivity contribution >= 4 is 0 Å². The quantitative estimate of drug-likeness (QED) is 0.764. The highest BCUT2D eigenvalue weighted by Gasteiger charge is 2.50. The Bertz CT molecular complexity index is 459. The fourth-order valence-corrected chi connectivity index (χ4v) is 3.62. The fraction of sp³-hybridized carbons (Fsp3) is 0.684. The van der Waals surface area contributed by atoms with E-state index in [0.717, 1.165) is 18.4 Å². The van der Waals surface area contributed by atoms with E-state index < -0.39 is 0 Å². The van der Waals surface area contributed by atoms with Gasteiger partial charge in [0.15, 0.2) is 0 Å². The molecule has 2 saturated carbocycles. The van der Waals surface area contributed by atoms with Crippen LogP contribution in [-0.4, -0.2) is 6.54 Å². The monoisotopic (exact) mass is 271 g/mol. The molecule has 0 heterocycles. The molecule has 0 amide bonds. The van der Waals surface area contributed by atoms with Gasteiger partial charge >= 0.3 is 0 Å². The molecule has 3 rings (SSSR count). The molecule has 2 aliphatic rings. The molecular weight excluding hydrogens is 242 g/mol. The van der Waals surface area contributed by atoms with E-state index in [1.807, 2.05) is 0 Å². The fourth-order valence-electron chi connectivity index (χ4n) is 3.62. The number of rotatable bonds is 6. The summed E-state index contributed by atoms with van der Waals surface area (Å²) >= 11 is 0. The van der Waals surface area contributed by atoms with E-state index in [9.17, 15) is 0 Å². The summed E-state index contributed by atoms with van der Waals surface area (Å²) in [6.07, 6.45) is 6.78. The molecule has 0 aliphatic heterocycles. The van der Waals surface area contributed by atoms with Gasteiger partial charge < -0.3 is 5.32 Å². The lowest BCUT2D eigenvalue weighted by Crippen LogP contribution is -2.25. The van der Waals surface area contributed by atoms with Crippen LogP contribution in [0.15, 0.2) is 24.3 Å². The van der Waals surface area contributed by atoms with Gasteiger partial charge in [-0.1, -0.05) is 51.5 Å². The third-order valence-electron chi connectivity index (χ3n) is 5.45. The summed E-state index contributed by atoms with van der Waals surface area (Å²) in [5.74, 6) is 1.65. The minimum atomic E-state index is 0.526. The van der Waals surface area contributed by atoms with Gasteiger partial charge in [0, 0.05) is 6.04 Å². The molecule has 1 aromatic rings. The molecule has 0 bridgehead atoms. The Morgan fingerprint density at radius 2 is 2.05 bits per heavy atom. The smallest absolute Gasteiger partial charge is 0.0354 e. The van der Waals surface area contributed by atoms with Crippen molar-refractivity contribution in [1.82, 2.24) is 5.32 Å². The zero-order valence-corrected chi connectivity index (χ0v) is 13.3. The van der Waals surface area contributed by atoms with Crippen LogP contribution in [-0.2, 0) is 0 Å². The van der Waals surface area contributed by atoms with E-state index in [2.05, 4.69) is 50.4 Å². The first kappa shape index (κ1) is 14.1. The van der Waals surface area contributed by atoms with Gasteiger partial charge in [-0.05, 0) is 60.6 Å². The molecule has 20 heavy (non-hydrogen) atoms. The van der Waals surface area contributed by atoms with Crippen molar-refractivity contribution in [1.29, 1.82) is 0 Å². The zero-order chi connectivity index (χ0) is 14.2. The molecule has 1 heteroatoms. The molecule has 1 N–H and O–H groups in total. The summed E-state index contributed by atoms with van der Waals surface area (Å²) in [4.78, 5) is 0. The molecule has 1 nitrogen and oxygen atoms in total. The lowest BCUT2D eigenvalue weighted by Gasteiger charge is -2.28. The Balaban J connectivity index is 1.79. The Kier molecular flexibility index (Phi) is 3.90. The predicted octanol–water partition coefficient (Wildman–Crippen LogP) is 5.04. The van der Waals surface area contributed by atoms with Gasteiger partial charge in [0.1, 0.15) is 0 Å². The second-order valence-corrected chi connectivity index (χ2v) is 7.53. The Morgan fingerprint density at radius 3 is 2.60 bits per heavy atom. The van der Waals surface area contributed by atoms with Gasteiger partial charge in [-0.25, -0.2) is 0 Å². The summed E-state index contributed by atoms with van der Waals surface area (Å²) in [5.41, 5.74) is 3.63. The van der Waals surface area contributed by atoms with E-state index in [4.69, 9.17) is 0 Å². The van der Waals surface area contributed by atoms with Crippen LogP contribution in [0.25, 0.3) is 0 Å². The van der Waals surface area contributed by atoms with Crippen LogP contribution in [0.4, 0.5) is 0 Å². The van der Waals surface area contributed by atoms with E-state index in [0.29, 0.717) is 11.5 Å². The summed E-state index contributed by atoms with van der Waals surface area (Å²) < 4.78 is 0. The molecule has 0 saturated heterocycles. The third kappa shape index (κ3) is 2.79. The average Bonchev–Trinajstić information content (AvgIpc) is 2.97. The second-order valence-electron chi connectivity index (χ2n) is 7.53. The maximum Gasteiger partial charge on any atom is 0.0354 e. The lowest BCUT2D eigenvalue weighted by molar-refractivity contribution is 0.408. The van der Waals surface area contributed by atoms with Crippen molar-refractivity contribution in [3.8, 4) is 0 Å². The van der Waals surface area contributed by atoms with Crippen LogP contribution >= 0.6 is 0 Å². The van der Waals surface area contributed by atoms with Crippen molar-refractivity contribution in [2.24, 2.45) is 11.3 Å². The lowest BCUT2D eigenvalue weighted by atomic mass is 9.79. The van der Waals surface area contributed by atoms with E-state index in [1.54, 1.807) is 5.56 Å². The Labute approximate surface area is 124 Å². The first-order chi connectivity index (χ1) is 9.62. The average molecular weight is 271 g/mol. The van der Waals surface area contributed by atoms with E-state index >= 15 is 0 Å². The van der Waals surface area contributed by atoms with Crippen LogP contribution in [0, 0.1) is 11.3 Å². The standard InChI is InChI=1S/C19H29N/c1-4-11-20-18(17-13-19(17,2)3)16-10-6-9-15(12-16)14-7-5-8-14/h6,9-10,12,14,17-18,20H,4-5,7-8,11,13H2,1-3H3. The van der Waals surface area contributed by atoms with Crippen molar-refractivity contribution < 1.29 is 0 Å². The molecule has 0 spiro atoms. The summed E-state index contributed by atoms with van der Waals surface area (Å²) in [6.45, 7) is 8.21. The number of hydrogen-bond acceptors (Lipinski definition) is 1. The van der Waals surface area contributed by atoms with Crippen molar-refractivity contribution in [2.75, 3.05) is 6.54 Å². The summed E-state index contributed by atoms with van der Waals surface area (Å²) in [6, 6.07) is 10.0. The summed E-state index contributed by atoms with van der Waals surface area (Å²) in [5, 5.41) is 3.81. The van der Waals surface area contributed by atoms with Crippen LogP contribution < -0.4 is 5.32 Å². The number of benzene rings is 1. The zero-order valence-electron chi connectivity index (χ0n) is 13.3. The van der Waals surface area contributed by atoms with Gasteiger partial charge in [0.25, 0.3) is 0 Å². The maximum absolute atomic E-state index is 3.81. The molecule has 2 fully saturated rings. The van der Waals surface area contributed by atoms with Crippen molar-refractivity contribution in [3.05, 3.63) is 35.4 Å². The first-order valence-corrected chi connectivity index (χ1v) is 8.45. The summed E-state index contributed by atoms with van der Waals surface area (Å²) in [7, 11) is 0. The molecule has 2 unspecified atom stereocenters. The topological polar surface area (TPSA) is 12.0 Å². The van der Waals surface area contributed by atoms with Crippen LogP contribution in [0.1, 0.15) is 76.0 Å². The van der Waals surface area contributed by atoms with Gasteiger partial charge in [0.05, 0.1) is 0 Å². The molecule has 2 atom stereocenters. The molecule has 110 valence electrons. The number of hydrogen-bond donors (Lipinski definition) is 1. The number of nitrogens with one attached hydrogen (secondary N) is 1. The van der Waals surface area contributed by atoms with Crippen molar-refractivity contribution in [3.63, 3.8) is 0 Å². The normalized spacial score (nSPS) is 26.1. The first-order valence-electron chi connectivity index (χ1n) is 8.45. The van der Waals surface area contributed by atoms with Gasteiger partial charge in [-0.3, -0.25) is 0 Å². The minimum Gasteiger partial charge on any atom is -0.310 e. The Hall–Kier alpha value is -0.820. The van der Waals surface area contributed by atoms with Crippen LogP contribution in [0.3, 0.4) is 0 Å². The third-order valence-corrected chi connectivity index (χ3v) is 5.45. The van der Waals surface area contributed by atoms with Crippen molar-refractivity contribution in [2.45, 2.75) is 64.8 Å². The second kappa shape index (κ2) is 5.52. The van der Waals surface area contributed by atoms with E-state index in [-0.39, 0.29) is 0 Å². The highest BCUT2D eigenvalue weighted by molar-refractivity contribution is 5.31. The van der Waals surface area contributed by atoms with Gasteiger partial charge in [0.2, 0.25) is 0 Å².